The molecular formula is C13H13ClF3N3O4. The second-order valence-corrected chi connectivity index (χ2v) is 5.66. The number of aliphatic hydroxyl groups is 1. The third-order valence-electron chi connectivity index (χ3n) is 3.25. The van der Waals surface area contributed by atoms with E-state index < -0.39 is 37.0 Å². The van der Waals surface area contributed by atoms with Crippen LogP contribution in [0.4, 0.5) is 13.2 Å². The van der Waals surface area contributed by atoms with Gasteiger partial charge in [-0.15, -0.1) is 16.7 Å². The summed E-state index contributed by atoms with van der Waals surface area (Å²) in [6.07, 6.45) is -2.72. The van der Waals surface area contributed by atoms with Crippen molar-refractivity contribution in [2.24, 2.45) is 0 Å². The number of hydrogen-bond acceptors (Lipinski definition) is 4. The van der Waals surface area contributed by atoms with Crippen LogP contribution in [0.15, 0.2) is 23.0 Å². The van der Waals surface area contributed by atoms with E-state index in [1.165, 1.54) is 6.08 Å². The Morgan fingerprint density at radius 1 is 1.50 bits per heavy atom. The fourth-order valence-electron chi connectivity index (χ4n) is 2.09. The summed E-state index contributed by atoms with van der Waals surface area (Å²) in [5, 5.41) is 21.5. The molecule has 1 aromatic rings. The molecule has 2 N–H and O–H groups in total. The number of allylic oxidation sites excluding steroid dienone is 4. The first-order chi connectivity index (χ1) is 11.1. The number of halogens is 4. The fourth-order valence-corrected chi connectivity index (χ4v) is 2.25. The molecule has 132 valence electrons. The van der Waals surface area contributed by atoms with Gasteiger partial charge >= 0.3 is 17.8 Å². The molecule has 2 rings (SSSR count). The molecule has 7 nitrogen and oxygen atoms in total. The highest BCUT2D eigenvalue weighted by atomic mass is 35.5. The largest absolute Gasteiger partial charge is 0.480 e. The Bertz CT molecular complexity index is 751. The Morgan fingerprint density at radius 3 is 2.67 bits per heavy atom. The number of alkyl halides is 4. The second-order valence-electron chi connectivity index (χ2n) is 5.10. The minimum absolute atomic E-state index is 0.163. The fraction of sp³-hybridized carbons (Fsp3) is 0.462. The summed E-state index contributed by atoms with van der Waals surface area (Å²) in [4.78, 5) is 22.9. The van der Waals surface area contributed by atoms with E-state index in [4.69, 9.17) is 16.7 Å². The first-order valence-electron chi connectivity index (χ1n) is 6.76. The molecule has 2 unspecified atom stereocenters. The molecule has 24 heavy (non-hydrogen) atoms. The van der Waals surface area contributed by atoms with E-state index in [-0.39, 0.29) is 11.2 Å². The van der Waals surface area contributed by atoms with Crippen molar-refractivity contribution in [1.82, 2.24) is 14.3 Å². The van der Waals surface area contributed by atoms with E-state index in [1.807, 2.05) is 0 Å². The summed E-state index contributed by atoms with van der Waals surface area (Å²) in [6.45, 7) is -1.90. The Kier molecular flexibility index (Phi) is 5.19. The van der Waals surface area contributed by atoms with Crippen LogP contribution in [-0.2, 0) is 17.9 Å². The molecular weight excluding hydrogens is 355 g/mol. The van der Waals surface area contributed by atoms with Crippen molar-refractivity contribution < 1.29 is 28.2 Å². The summed E-state index contributed by atoms with van der Waals surface area (Å²) in [5.74, 6) is -1.54. The van der Waals surface area contributed by atoms with Crippen LogP contribution in [0.2, 0.25) is 0 Å². The van der Waals surface area contributed by atoms with E-state index in [0.717, 1.165) is 0 Å². The van der Waals surface area contributed by atoms with Crippen molar-refractivity contribution in [2.75, 3.05) is 0 Å². The first kappa shape index (κ1) is 18.3. The minimum Gasteiger partial charge on any atom is -0.480 e. The summed E-state index contributed by atoms with van der Waals surface area (Å²) < 4.78 is 38.9. The molecule has 0 saturated heterocycles. The Balaban J connectivity index is 2.46. The maximum Gasteiger partial charge on any atom is 0.416 e. The van der Waals surface area contributed by atoms with Gasteiger partial charge in [0.05, 0.1) is 11.9 Å². The van der Waals surface area contributed by atoms with E-state index in [1.54, 1.807) is 12.2 Å². The highest BCUT2D eigenvalue weighted by Crippen LogP contribution is 2.24. The lowest BCUT2D eigenvalue weighted by atomic mass is 10.1. The molecule has 1 heterocycles. The second kappa shape index (κ2) is 6.81. The summed E-state index contributed by atoms with van der Waals surface area (Å²) >= 11 is 5.87. The summed E-state index contributed by atoms with van der Waals surface area (Å²) in [6, 6.07) is 0. The van der Waals surface area contributed by atoms with Crippen molar-refractivity contribution in [3.63, 3.8) is 0 Å². The van der Waals surface area contributed by atoms with Crippen molar-refractivity contribution >= 4 is 23.1 Å². The normalized spacial score (nSPS) is 19.2. The number of rotatable bonds is 5. The van der Waals surface area contributed by atoms with Crippen LogP contribution in [0.25, 0.3) is 5.57 Å². The van der Waals surface area contributed by atoms with Gasteiger partial charge in [-0.05, 0) is 6.42 Å². The number of hydrogen-bond donors (Lipinski definition) is 2. The van der Waals surface area contributed by atoms with Crippen molar-refractivity contribution in [1.29, 1.82) is 0 Å². The standard InChI is InChI=1S/C13H13ClF3N3O4/c14-8-3-1-7(2-4-8)11-18-20(6-10(22)23)12(24)19(11)5-9(21)13(15,16)17/h1-3,8-9,21H,4-6H2,(H,22,23). The van der Waals surface area contributed by atoms with Gasteiger partial charge in [0.1, 0.15) is 6.54 Å². The molecule has 11 heteroatoms. The van der Waals surface area contributed by atoms with E-state index in [2.05, 4.69) is 5.10 Å². The van der Waals surface area contributed by atoms with Gasteiger partial charge in [-0.1, -0.05) is 18.2 Å². The van der Waals surface area contributed by atoms with Gasteiger partial charge in [-0.3, -0.25) is 9.36 Å². The van der Waals surface area contributed by atoms with Crippen LogP contribution in [0, 0.1) is 0 Å². The lowest BCUT2D eigenvalue weighted by Crippen LogP contribution is -2.37. The third kappa shape index (κ3) is 4.06. The van der Waals surface area contributed by atoms with Gasteiger partial charge in [0.2, 0.25) is 0 Å². The smallest absolute Gasteiger partial charge is 0.416 e. The van der Waals surface area contributed by atoms with Gasteiger partial charge in [-0.2, -0.15) is 13.2 Å². The number of aliphatic hydroxyl groups excluding tert-OH is 1. The average Bonchev–Trinajstić information content (AvgIpc) is 2.76. The minimum atomic E-state index is -4.93. The SMILES string of the molecule is O=C(O)Cn1nc(C2=CCC(Cl)C=C2)n(CC(O)C(F)(F)F)c1=O. The van der Waals surface area contributed by atoms with E-state index in [9.17, 15) is 27.9 Å². The van der Waals surface area contributed by atoms with Gasteiger partial charge < -0.3 is 10.2 Å². The van der Waals surface area contributed by atoms with Crippen LogP contribution < -0.4 is 5.69 Å². The molecule has 0 radical (unpaired) electrons. The predicted octanol–water partition coefficient (Wildman–Crippen LogP) is 1.00. The lowest BCUT2D eigenvalue weighted by Gasteiger charge is -2.16. The van der Waals surface area contributed by atoms with Crippen molar-refractivity contribution in [2.45, 2.75) is 37.2 Å². The Morgan fingerprint density at radius 2 is 2.17 bits per heavy atom. The molecule has 0 spiro atoms. The zero-order valence-electron chi connectivity index (χ0n) is 12.1. The van der Waals surface area contributed by atoms with Gasteiger partial charge in [0.15, 0.2) is 11.9 Å². The van der Waals surface area contributed by atoms with Crippen LogP contribution in [0.1, 0.15) is 12.2 Å². The van der Waals surface area contributed by atoms with Crippen molar-refractivity contribution in [3.05, 3.63) is 34.5 Å². The van der Waals surface area contributed by atoms with Crippen LogP contribution in [0.5, 0.6) is 0 Å². The molecule has 0 aromatic carbocycles. The maximum atomic E-state index is 12.6. The topological polar surface area (TPSA) is 97.3 Å². The summed E-state index contributed by atoms with van der Waals surface area (Å²) in [7, 11) is 0. The number of nitrogens with zero attached hydrogens (tertiary/aromatic N) is 3. The number of aromatic nitrogens is 3. The van der Waals surface area contributed by atoms with Gasteiger partial charge in [-0.25, -0.2) is 9.48 Å². The molecule has 2 atom stereocenters. The van der Waals surface area contributed by atoms with Crippen LogP contribution >= 0.6 is 11.6 Å². The highest BCUT2D eigenvalue weighted by Gasteiger charge is 2.39. The zero-order chi connectivity index (χ0) is 18.1. The highest BCUT2D eigenvalue weighted by molar-refractivity contribution is 6.22. The average molecular weight is 368 g/mol. The number of carboxylic acids is 1. The van der Waals surface area contributed by atoms with E-state index in [0.29, 0.717) is 21.2 Å². The Hall–Kier alpha value is -2.07. The molecule has 0 saturated carbocycles. The number of carboxylic acid groups (broad SMARTS) is 1. The first-order valence-corrected chi connectivity index (χ1v) is 7.20. The van der Waals surface area contributed by atoms with Crippen LogP contribution in [-0.4, -0.2) is 48.2 Å². The predicted molar refractivity (Wildman–Crippen MR) is 77.6 cm³/mol. The van der Waals surface area contributed by atoms with Crippen molar-refractivity contribution in [3.8, 4) is 0 Å². The maximum absolute atomic E-state index is 12.6. The summed E-state index contributed by atoms with van der Waals surface area (Å²) in [5.41, 5.74) is -0.736. The van der Waals surface area contributed by atoms with E-state index >= 15 is 0 Å². The molecule has 0 aliphatic heterocycles. The Labute approximate surface area is 138 Å². The molecule has 0 bridgehead atoms. The lowest BCUT2D eigenvalue weighted by molar-refractivity contribution is -0.207. The molecule has 0 amide bonds. The number of carbonyl (C=O) groups is 1. The number of aliphatic carboxylic acids is 1. The quantitative estimate of drug-likeness (QED) is 0.757. The van der Waals surface area contributed by atoms with Gasteiger partial charge in [0, 0.05) is 5.57 Å². The molecule has 1 aromatic heterocycles. The molecule has 1 aliphatic rings. The van der Waals surface area contributed by atoms with Gasteiger partial charge in [0.25, 0.3) is 0 Å². The third-order valence-corrected chi connectivity index (χ3v) is 3.57. The monoisotopic (exact) mass is 367 g/mol. The molecule has 0 fully saturated rings. The zero-order valence-corrected chi connectivity index (χ0v) is 12.8. The molecule has 1 aliphatic carbocycles. The van der Waals surface area contributed by atoms with Crippen LogP contribution in [0.3, 0.4) is 0 Å².